The molecule has 0 aromatic heterocycles. The van der Waals surface area contributed by atoms with Crippen molar-refractivity contribution in [3.05, 3.63) is 59.2 Å². The van der Waals surface area contributed by atoms with Crippen LogP contribution in [0.1, 0.15) is 33.2 Å². The largest absolute Gasteiger partial charge is 0.497 e. The maximum Gasteiger partial charge on any atom is 0.254 e. The van der Waals surface area contributed by atoms with Gasteiger partial charge in [-0.2, -0.15) is 0 Å². The van der Waals surface area contributed by atoms with Gasteiger partial charge in [0.15, 0.2) is 0 Å². The zero-order valence-corrected chi connectivity index (χ0v) is 17.3. The van der Waals surface area contributed by atoms with E-state index in [2.05, 4.69) is 0 Å². The molecule has 0 radical (unpaired) electrons. The van der Waals surface area contributed by atoms with E-state index >= 15 is 0 Å². The summed E-state index contributed by atoms with van der Waals surface area (Å²) in [6.07, 6.45) is 0.763. The number of methoxy groups -OCH3 is 1. The number of amides is 3. The molecule has 1 fully saturated rings. The van der Waals surface area contributed by atoms with Crippen LogP contribution in [0, 0.1) is 0 Å². The molecule has 4 rings (SSSR count). The highest BCUT2D eigenvalue weighted by Gasteiger charge is 2.28. The summed E-state index contributed by atoms with van der Waals surface area (Å²) in [5.41, 5.74) is 3.14. The number of hydrogen-bond acceptors (Lipinski definition) is 4. The number of ether oxygens (including phenoxy) is 1. The van der Waals surface area contributed by atoms with Crippen molar-refractivity contribution >= 4 is 23.4 Å². The lowest BCUT2D eigenvalue weighted by molar-refractivity contribution is -0.116. The maximum atomic E-state index is 13.0. The Labute approximate surface area is 175 Å². The highest BCUT2D eigenvalue weighted by atomic mass is 16.5. The van der Waals surface area contributed by atoms with Gasteiger partial charge in [0.1, 0.15) is 5.75 Å². The Morgan fingerprint density at radius 3 is 2.07 bits per heavy atom. The van der Waals surface area contributed by atoms with Gasteiger partial charge in [-0.05, 0) is 48.4 Å². The molecule has 7 nitrogen and oxygen atoms in total. The van der Waals surface area contributed by atoms with Crippen LogP contribution in [-0.4, -0.2) is 67.4 Å². The fourth-order valence-electron chi connectivity index (χ4n) is 4.10. The lowest BCUT2D eigenvalue weighted by atomic mass is 10.1. The summed E-state index contributed by atoms with van der Waals surface area (Å²) in [7, 11) is 1.57. The molecular weight excluding hydrogens is 382 g/mol. The van der Waals surface area contributed by atoms with Gasteiger partial charge in [-0.3, -0.25) is 14.4 Å². The molecule has 0 aliphatic carbocycles. The summed E-state index contributed by atoms with van der Waals surface area (Å²) in [6.45, 7) is 4.18. The van der Waals surface area contributed by atoms with E-state index in [4.69, 9.17) is 4.74 Å². The van der Waals surface area contributed by atoms with Crippen LogP contribution in [0.25, 0.3) is 0 Å². The van der Waals surface area contributed by atoms with Crippen LogP contribution in [0.5, 0.6) is 5.75 Å². The molecule has 3 amide bonds. The Bertz CT molecular complexity index is 996. The van der Waals surface area contributed by atoms with Gasteiger partial charge in [0.05, 0.1) is 7.11 Å². The highest BCUT2D eigenvalue weighted by Crippen LogP contribution is 2.29. The van der Waals surface area contributed by atoms with Crippen molar-refractivity contribution in [3.8, 4) is 5.75 Å². The molecule has 30 heavy (non-hydrogen) atoms. The summed E-state index contributed by atoms with van der Waals surface area (Å²) in [6, 6.07) is 12.7. The molecule has 156 valence electrons. The third-order valence-electron chi connectivity index (χ3n) is 5.77. The van der Waals surface area contributed by atoms with Crippen molar-refractivity contribution in [2.45, 2.75) is 13.3 Å². The summed E-state index contributed by atoms with van der Waals surface area (Å²) in [5.74, 6) is 0.578. The average molecular weight is 407 g/mol. The van der Waals surface area contributed by atoms with E-state index in [1.807, 2.05) is 12.1 Å². The van der Waals surface area contributed by atoms with Crippen LogP contribution in [0.3, 0.4) is 0 Å². The van der Waals surface area contributed by atoms with E-state index in [1.165, 1.54) is 0 Å². The number of fused-ring (bicyclic) bond motifs is 1. The fourth-order valence-corrected chi connectivity index (χ4v) is 4.10. The zero-order valence-electron chi connectivity index (χ0n) is 17.3. The highest BCUT2D eigenvalue weighted by molar-refractivity contribution is 5.98. The number of carbonyl (C=O) groups is 3. The Balaban J connectivity index is 1.40. The van der Waals surface area contributed by atoms with E-state index in [1.54, 1.807) is 59.1 Å². The van der Waals surface area contributed by atoms with Crippen molar-refractivity contribution in [2.24, 2.45) is 0 Å². The molecular formula is C23H25N3O4. The van der Waals surface area contributed by atoms with Crippen LogP contribution >= 0.6 is 0 Å². The van der Waals surface area contributed by atoms with Gasteiger partial charge in [-0.25, -0.2) is 0 Å². The van der Waals surface area contributed by atoms with Gasteiger partial charge in [-0.15, -0.1) is 0 Å². The molecule has 2 heterocycles. The molecule has 0 unspecified atom stereocenters. The maximum absolute atomic E-state index is 13.0. The molecule has 2 aliphatic rings. The third-order valence-corrected chi connectivity index (χ3v) is 5.77. The first-order valence-corrected chi connectivity index (χ1v) is 10.1. The summed E-state index contributed by atoms with van der Waals surface area (Å²) < 4.78 is 5.20. The molecule has 2 aromatic rings. The first kappa shape index (κ1) is 19.9. The molecule has 0 saturated carbocycles. The number of benzene rings is 2. The summed E-state index contributed by atoms with van der Waals surface area (Å²) >= 11 is 0. The standard InChI is InChI=1S/C23H25N3O4/c1-16(27)26-9-8-17-14-19(6-7-21(17)26)23(29)25-12-10-24(11-13-25)22(28)18-4-3-5-20(15-18)30-2/h3-7,14-15H,8-13H2,1-2H3. The number of nitrogens with zero attached hydrogens (tertiary/aromatic N) is 3. The first-order valence-electron chi connectivity index (χ1n) is 10.1. The first-order chi connectivity index (χ1) is 14.5. The second-order valence-corrected chi connectivity index (χ2v) is 7.58. The van der Waals surface area contributed by atoms with E-state index in [9.17, 15) is 14.4 Å². The summed E-state index contributed by atoms with van der Waals surface area (Å²) in [5, 5.41) is 0. The van der Waals surface area contributed by atoms with Crippen molar-refractivity contribution in [1.82, 2.24) is 9.80 Å². The van der Waals surface area contributed by atoms with E-state index in [0.29, 0.717) is 49.6 Å². The van der Waals surface area contributed by atoms with Crippen LogP contribution in [0.4, 0.5) is 5.69 Å². The minimum absolute atomic E-state index is 0.0182. The van der Waals surface area contributed by atoms with Crippen LogP contribution in [0.15, 0.2) is 42.5 Å². The van der Waals surface area contributed by atoms with Crippen molar-refractivity contribution in [2.75, 3.05) is 44.7 Å². The molecule has 7 heteroatoms. The number of rotatable bonds is 3. The number of carbonyl (C=O) groups excluding carboxylic acids is 3. The quantitative estimate of drug-likeness (QED) is 0.782. The predicted molar refractivity (Wildman–Crippen MR) is 113 cm³/mol. The molecule has 1 saturated heterocycles. The molecule has 0 bridgehead atoms. The van der Waals surface area contributed by atoms with Gasteiger partial charge in [-0.1, -0.05) is 6.07 Å². The smallest absolute Gasteiger partial charge is 0.254 e. The van der Waals surface area contributed by atoms with Gasteiger partial charge in [0, 0.05) is 56.5 Å². The van der Waals surface area contributed by atoms with Crippen LogP contribution in [0.2, 0.25) is 0 Å². The van der Waals surface area contributed by atoms with E-state index < -0.39 is 0 Å². The molecule has 2 aromatic carbocycles. The molecule has 0 spiro atoms. The Morgan fingerprint density at radius 2 is 1.47 bits per heavy atom. The van der Waals surface area contributed by atoms with Crippen molar-refractivity contribution < 1.29 is 19.1 Å². The minimum Gasteiger partial charge on any atom is -0.497 e. The van der Waals surface area contributed by atoms with Crippen molar-refractivity contribution in [1.29, 1.82) is 0 Å². The van der Waals surface area contributed by atoms with Crippen LogP contribution < -0.4 is 9.64 Å². The van der Waals surface area contributed by atoms with Gasteiger partial charge in [0.2, 0.25) is 5.91 Å². The third kappa shape index (κ3) is 3.75. The SMILES string of the molecule is COc1cccc(C(=O)N2CCN(C(=O)c3ccc4c(c3)CCN4C(C)=O)CC2)c1. The Hall–Kier alpha value is -3.35. The Morgan fingerprint density at radius 1 is 0.833 bits per heavy atom. The van der Waals surface area contributed by atoms with Gasteiger partial charge < -0.3 is 19.4 Å². The number of hydrogen-bond donors (Lipinski definition) is 0. The van der Waals surface area contributed by atoms with E-state index in [0.717, 1.165) is 17.7 Å². The van der Waals surface area contributed by atoms with Gasteiger partial charge >= 0.3 is 0 Å². The predicted octanol–water partition coefficient (Wildman–Crippen LogP) is 2.20. The number of anilines is 1. The average Bonchev–Trinajstić information content (AvgIpc) is 3.22. The monoisotopic (exact) mass is 407 g/mol. The second kappa shape index (κ2) is 8.18. The van der Waals surface area contributed by atoms with Crippen LogP contribution in [-0.2, 0) is 11.2 Å². The topological polar surface area (TPSA) is 70.2 Å². The minimum atomic E-state index is -0.0529. The lowest BCUT2D eigenvalue weighted by Gasteiger charge is -2.35. The fraction of sp³-hybridized carbons (Fsp3) is 0.348. The molecule has 0 N–H and O–H groups in total. The molecule has 0 atom stereocenters. The zero-order chi connectivity index (χ0) is 21.3. The molecule has 2 aliphatic heterocycles. The van der Waals surface area contributed by atoms with E-state index in [-0.39, 0.29) is 17.7 Å². The normalized spacial score (nSPS) is 15.7. The Kier molecular flexibility index (Phi) is 5.44. The van der Waals surface area contributed by atoms with Gasteiger partial charge in [0.25, 0.3) is 11.8 Å². The van der Waals surface area contributed by atoms with Crippen molar-refractivity contribution in [3.63, 3.8) is 0 Å². The summed E-state index contributed by atoms with van der Waals surface area (Å²) in [4.78, 5) is 42.7. The lowest BCUT2D eigenvalue weighted by Crippen LogP contribution is -2.50. The number of piperazine rings is 1. The second-order valence-electron chi connectivity index (χ2n) is 7.58.